The molecule has 108 valence electrons. The summed E-state index contributed by atoms with van der Waals surface area (Å²) in [5.74, 6) is 0.811. The summed E-state index contributed by atoms with van der Waals surface area (Å²) in [5, 5.41) is 3.37. The van der Waals surface area contributed by atoms with Crippen LogP contribution in [0, 0.1) is 0 Å². The smallest absolute Gasteiger partial charge is 0.244 e. The molecule has 1 heterocycles. The first-order chi connectivity index (χ1) is 9.47. The van der Waals surface area contributed by atoms with Crippen LogP contribution in [0.3, 0.4) is 0 Å². The second kappa shape index (κ2) is 6.37. The quantitative estimate of drug-likeness (QED) is 0.922. The first kappa shape index (κ1) is 15.0. The summed E-state index contributed by atoms with van der Waals surface area (Å²) in [6.07, 6.45) is 0. The van der Waals surface area contributed by atoms with Gasteiger partial charge in [0.2, 0.25) is 11.8 Å². The van der Waals surface area contributed by atoms with E-state index >= 15 is 0 Å². The molecule has 0 aromatic heterocycles. The highest BCUT2D eigenvalue weighted by Crippen LogP contribution is 2.27. The van der Waals surface area contributed by atoms with Gasteiger partial charge in [0.1, 0.15) is 6.54 Å². The van der Waals surface area contributed by atoms with E-state index in [0.29, 0.717) is 22.3 Å². The van der Waals surface area contributed by atoms with Crippen molar-refractivity contribution in [1.82, 2.24) is 4.90 Å². The fourth-order valence-electron chi connectivity index (χ4n) is 1.90. The predicted octanol–water partition coefficient (Wildman–Crippen LogP) is 1.88. The molecule has 0 aliphatic carbocycles. The average Bonchev–Trinajstić information content (AvgIpc) is 2.74. The van der Waals surface area contributed by atoms with E-state index in [1.807, 2.05) is 25.1 Å². The number of anilines is 2. The molecule has 1 aliphatic rings. The van der Waals surface area contributed by atoms with Crippen LogP contribution in [0.2, 0.25) is 5.02 Å². The Morgan fingerprint density at radius 2 is 2.25 bits per heavy atom. The maximum Gasteiger partial charge on any atom is 0.244 e. The molecule has 2 rings (SSSR count). The average molecular weight is 314 g/mol. The van der Waals surface area contributed by atoms with Gasteiger partial charge < -0.3 is 15.1 Å². The zero-order chi connectivity index (χ0) is 14.7. The maximum atomic E-state index is 12.0. The van der Waals surface area contributed by atoms with Crippen molar-refractivity contribution in [1.29, 1.82) is 0 Å². The molecule has 20 heavy (non-hydrogen) atoms. The third kappa shape index (κ3) is 3.58. The largest absolute Gasteiger partial charge is 0.376 e. The summed E-state index contributed by atoms with van der Waals surface area (Å²) < 4.78 is 0. The summed E-state index contributed by atoms with van der Waals surface area (Å²) in [6, 6.07) is 5.32. The molecule has 1 aliphatic heterocycles. The van der Waals surface area contributed by atoms with Crippen molar-refractivity contribution in [3.63, 3.8) is 0 Å². The van der Waals surface area contributed by atoms with Gasteiger partial charge in [-0.15, -0.1) is 11.8 Å². The van der Waals surface area contributed by atoms with Crippen molar-refractivity contribution in [2.24, 2.45) is 0 Å². The Bertz CT molecular complexity index is 536. The van der Waals surface area contributed by atoms with Crippen molar-refractivity contribution in [2.45, 2.75) is 0 Å². The van der Waals surface area contributed by atoms with Gasteiger partial charge >= 0.3 is 0 Å². The van der Waals surface area contributed by atoms with Gasteiger partial charge in [-0.3, -0.25) is 9.59 Å². The van der Waals surface area contributed by atoms with Gasteiger partial charge in [0.15, 0.2) is 0 Å². The van der Waals surface area contributed by atoms with E-state index in [4.69, 9.17) is 11.6 Å². The van der Waals surface area contributed by atoms with Crippen molar-refractivity contribution in [3.05, 3.63) is 23.2 Å². The van der Waals surface area contributed by atoms with E-state index in [1.54, 1.807) is 17.0 Å². The zero-order valence-electron chi connectivity index (χ0n) is 11.4. The first-order valence-corrected chi connectivity index (χ1v) is 7.63. The predicted molar refractivity (Wildman–Crippen MR) is 83.4 cm³/mol. The van der Waals surface area contributed by atoms with E-state index in [1.165, 1.54) is 11.8 Å². The fraction of sp³-hybridized carbons (Fsp3) is 0.385. The molecule has 1 fully saturated rings. The van der Waals surface area contributed by atoms with Crippen LogP contribution < -0.4 is 10.2 Å². The number of hydrogen-bond acceptors (Lipinski definition) is 4. The van der Waals surface area contributed by atoms with Crippen molar-refractivity contribution < 1.29 is 9.59 Å². The van der Waals surface area contributed by atoms with Gasteiger partial charge in [0.05, 0.1) is 23.0 Å². The van der Waals surface area contributed by atoms with E-state index in [0.717, 1.165) is 5.69 Å². The van der Waals surface area contributed by atoms with Gasteiger partial charge in [0.25, 0.3) is 0 Å². The van der Waals surface area contributed by atoms with Crippen LogP contribution in [0.25, 0.3) is 0 Å². The molecule has 0 spiro atoms. The van der Waals surface area contributed by atoms with Crippen molar-refractivity contribution >= 4 is 46.6 Å². The molecule has 0 unspecified atom stereocenters. The molecule has 0 radical (unpaired) electrons. The molecular formula is C13H16ClN3O2S. The topological polar surface area (TPSA) is 52.7 Å². The lowest BCUT2D eigenvalue weighted by Gasteiger charge is -2.19. The Hall–Kier alpha value is -1.40. The molecule has 1 saturated heterocycles. The van der Waals surface area contributed by atoms with Gasteiger partial charge in [-0.1, -0.05) is 11.6 Å². The van der Waals surface area contributed by atoms with Gasteiger partial charge in [-0.25, -0.2) is 0 Å². The number of benzene rings is 1. The van der Waals surface area contributed by atoms with E-state index in [9.17, 15) is 9.59 Å². The van der Waals surface area contributed by atoms with Crippen molar-refractivity contribution in [3.8, 4) is 0 Å². The number of carbonyl (C=O) groups excluding carboxylic acids is 2. The van der Waals surface area contributed by atoms with Gasteiger partial charge in [0, 0.05) is 19.1 Å². The zero-order valence-corrected chi connectivity index (χ0v) is 12.9. The highest BCUT2D eigenvalue weighted by Gasteiger charge is 2.23. The monoisotopic (exact) mass is 313 g/mol. The second-order valence-corrected chi connectivity index (χ2v) is 6.06. The standard InChI is InChI=1S/C13H16ClN3O2S/c1-16(2)11-4-3-9(14)5-10(11)15-12(18)6-17-8-20-7-13(17)19/h3-5H,6-8H2,1-2H3,(H,15,18). The highest BCUT2D eigenvalue weighted by molar-refractivity contribution is 8.00. The highest BCUT2D eigenvalue weighted by atomic mass is 35.5. The molecular weight excluding hydrogens is 298 g/mol. The molecule has 5 nitrogen and oxygen atoms in total. The summed E-state index contributed by atoms with van der Waals surface area (Å²) in [4.78, 5) is 26.9. The number of thioether (sulfide) groups is 1. The fourth-order valence-corrected chi connectivity index (χ4v) is 2.98. The summed E-state index contributed by atoms with van der Waals surface area (Å²) in [7, 11) is 3.78. The molecule has 1 aromatic rings. The van der Waals surface area contributed by atoms with Gasteiger partial charge in [-0.05, 0) is 18.2 Å². The Morgan fingerprint density at radius 3 is 2.85 bits per heavy atom. The van der Waals surface area contributed by atoms with Gasteiger partial charge in [-0.2, -0.15) is 0 Å². The first-order valence-electron chi connectivity index (χ1n) is 6.09. The summed E-state index contributed by atoms with van der Waals surface area (Å²) in [5.41, 5.74) is 1.51. The normalized spacial score (nSPS) is 14.6. The lowest BCUT2D eigenvalue weighted by molar-refractivity contribution is -0.130. The summed E-state index contributed by atoms with van der Waals surface area (Å²) >= 11 is 7.48. The second-order valence-electron chi connectivity index (χ2n) is 4.67. The van der Waals surface area contributed by atoms with E-state index < -0.39 is 0 Å². The Morgan fingerprint density at radius 1 is 1.50 bits per heavy atom. The number of nitrogens with one attached hydrogen (secondary N) is 1. The van der Waals surface area contributed by atoms with Crippen LogP contribution >= 0.6 is 23.4 Å². The Labute approximate surface area is 127 Å². The van der Waals surface area contributed by atoms with Crippen LogP contribution in [-0.2, 0) is 9.59 Å². The van der Waals surface area contributed by atoms with E-state index in [2.05, 4.69) is 5.32 Å². The van der Waals surface area contributed by atoms with E-state index in [-0.39, 0.29) is 18.4 Å². The van der Waals surface area contributed by atoms with Crippen LogP contribution in [0.5, 0.6) is 0 Å². The molecule has 0 saturated carbocycles. The third-order valence-corrected chi connectivity index (χ3v) is 4.05. The molecule has 2 amide bonds. The van der Waals surface area contributed by atoms with Crippen molar-refractivity contribution in [2.75, 3.05) is 42.5 Å². The Balaban J connectivity index is 2.07. The minimum absolute atomic E-state index is 0.00378. The third-order valence-electron chi connectivity index (χ3n) is 2.87. The minimum atomic E-state index is -0.216. The number of rotatable bonds is 4. The number of amides is 2. The minimum Gasteiger partial charge on any atom is -0.376 e. The SMILES string of the molecule is CN(C)c1ccc(Cl)cc1NC(=O)CN1CSCC1=O. The maximum absolute atomic E-state index is 12.0. The number of hydrogen-bond donors (Lipinski definition) is 1. The summed E-state index contributed by atoms with van der Waals surface area (Å²) in [6.45, 7) is 0.0746. The number of halogens is 1. The molecule has 1 aromatic carbocycles. The van der Waals surface area contributed by atoms with Crippen LogP contribution in [0.15, 0.2) is 18.2 Å². The lowest BCUT2D eigenvalue weighted by Crippen LogP contribution is -2.34. The Kier molecular flexibility index (Phi) is 4.77. The molecule has 7 heteroatoms. The lowest BCUT2D eigenvalue weighted by atomic mass is 10.2. The van der Waals surface area contributed by atoms with Crippen LogP contribution in [0.1, 0.15) is 0 Å². The molecule has 1 N–H and O–H groups in total. The van der Waals surface area contributed by atoms with Crippen LogP contribution in [-0.4, -0.2) is 49.0 Å². The molecule has 0 atom stereocenters. The number of carbonyl (C=O) groups is 2. The molecule has 0 bridgehead atoms. The number of nitrogens with zero attached hydrogens (tertiary/aromatic N) is 2. The van der Waals surface area contributed by atoms with Crippen LogP contribution in [0.4, 0.5) is 11.4 Å².